The molecule has 0 spiro atoms. The lowest BCUT2D eigenvalue weighted by Gasteiger charge is -1.95. The van der Waals surface area contributed by atoms with Crippen molar-refractivity contribution in [3.8, 4) is 11.3 Å². The maximum absolute atomic E-state index is 4.35. The van der Waals surface area contributed by atoms with Gasteiger partial charge in [0.2, 0.25) is 0 Å². The van der Waals surface area contributed by atoms with E-state index in [4.69, 9.17) is 0 Å². The van der Waals surface area contributed by atoms with Crippen LogP contribution in [-0.2, 0) is 0 Å². The van der Waals surface area contributed by atoms with Crippen molar-refractivity contribution in [1.82, 2.24) is 4.37 Å². The number of benzene rings is 1. The zero-order chi connectivity index (χ0) is 9.97. The van der Waals surface area contributed by atoms with Gasteiger partial charge in [0.1, 0.15) is 5.00 Å². The minimum atomic E-state index is 1.02. The Balaban J connectivity index is 2.34. The topological polar surface area (TPSA) is 24.9 Å². The molecule has 1 heterocycles. The Bertz CT molecular complexity index is 422. The van der Waals surface area contributed by atoms with Crippen molar-refractivity contribution >= 4 is 32.5 Å². The number of hydrogen-bond donors (Lipinski definition) is 1. The summed E-state index contributed by atoms with van der Waals surface area (Å²) in [5.41, 5.74) is 2.16. The van der Waals surface area contributed by atoms with E-state index in [2.05, 4.69) is 37.8 Å². The van der Waals surface area contributed by atoms with Crippen molar-refractivity contribution in [3.05, 3.63) is 34.8 Å². The fourth-order valence-electron chi connectivity index (χ4n) is 1.15. The normalized spacial score (nSPS) is 10.1. The smallest absolute Gasteiger partial charge is 0.109 e. The predicted molar refractivity (Wildman–Crippen MR) is 64.8 cm³/mol. The van der Waals surface area contributed by atoms with Crippen LogP contribution < -0.4 is 5.32 Å². The number of nitrogens with zero attached hydrogens (tertiary/aromatic N) is 1. The average Bonchev–Trinajstić information content (AvgIpc) is 2.67. The maximum Gasteiger partial charge on any atom is 0.109 e. The monoisotopic (exact) mass is 268 g/mol. The molecule has 0 saturated heterocycles. The predicted octanol–water partition coefficient (Wildman–Crippen LogP) is 3.61. The fourth-order valence-corrected chi connectivity index (χ4v) is 2.02. The molecule has 2 aromatic rings. The molecule has 2 rings (SSSR count). The van der Waals surface area contributed by atoms with Crippen molar-refractivity contribution < 1.29 is 0 Å². The molecule has 0 amide bonds. The van der Waals surface area contributed by atoms with Crippen LogP contribution >= 0.6 is 27.5 Å². The number of rotatable bonds is 2. The zero-order valence-electron chi connectivity index (χ0n) is 7.62. The zero-order valence-corrected chi connectivity index (χ0v) is 10.0. The number of aromatic nitrogens is 1. The molecular formula is C10H9BrN2S. The summed E-state index contributed by atoms with van der Waals surface area (Å²) in [5.74, 6) is 0. The molecule has 0 unspecified atom stereocenters. The summed E-state index contributed by atoms with van der Waals surface area (Å²) in [4.78, 5) is 0. The molecule has 14 heavy (non-hydrogen) atoms. The van der Waals surface area contributed by atoms with Crippen molar-refractivity contribution in [2.24, 2.45) is 0 Å². The Morgan fingerprint density at radius 2 is 2.00 bits per heavy atom. The van der Waals surface area contributed by atoms with E-state index in [1.165, 1.54) is 11.5 Å². The minimum absolute atomic E-state index is 1.02. The molecule has 4 heteroatoms. The van der Waals surface area contributed by atoms with Crippen LogP contribution in [0.5, 0.6) is 0 Å². The Labute approximate surface area is 95.3 Å². The SMILES string of the molecule is CNc1cc(-c2ccc(Br)cc2)ns1. The molecule has 0 atom stereocenters. The average molecular weight is 269 g/mol. The van der Waals surface area contributed by atoms with Gasteiger partial charge in [0.25, 0.3) is 0 Å². The summed E-state index contributed by atoms with van der Waals surface area (Å²) in [6.45, 7) is 0. The Morgan fingerprint density at radius 3 is 2.57 bits per heavy atom. The van der Waals surface area contributed by atoms with Crippen molar-refractivity contribution in [2.75, 3.05) is 12.4 Å². The highest BCUT2D eigenvalue weighted by atomic mass is 79.9. The summed E-state index contributed by atoms with van der Waals surface area (Å²) in [7, 11) is 1.90. The molecule has 2 nitrogen and oxygen atoms in total. The van der Waals surface area contributed by atoms with Crippen molar-refractivity contribution in [1.29, 1.82) is 0 Å². The molecular weight excluding hydrogens is 260 g/mol. The van der Waals surface area contributed by atoms with E-state index in [-0.39, 0.29) is 0 Å². The summed E-state index contributed by atoms with van der Waals surface area (Å²) in [6, 6.07) is 10.2. The fraction of sp³-hybridized carbons (Fsp3) is 0.100. The van der Waals surface area contributed by atoms with Crippen LogP contribution in [0.15, 0.2) is 34.8 Å². The Kier molecular flexibility index (Phi) is 2.84. The van der Waals surface area contributed by atoms with Crippen LogP contribution in [0.3, 0.4) is 0 Å². The molecule has 72 valence electrons. The number of halogens is 1. The van der Waals surface area contributed by atoms with E-state index < -0.39 is 0 Å². The quantitative estimate of drug-likeness (QED) is 0.900. The van der Waals surface area contributed by atoms with E-state index in [1.807, 2.05) is 25.2 Å². The third-order valence-electron chi connectivity index (χ3n) is 1.90. The van der Waals surface area contributed by atoms with Crippen LogP contribution in [0.25, 0.3) is 11.3 Å². The first kappa shape index (κ1) is 9.68. The largest absolute Gasteiger partial charge is 0.379 e. The molecule has 0 aliphatic carbocycles. The molecule has 0 aliphatic rings. The molecule has 0 aliphatic heterocycles. The first-order valence-electron chi connectivity index (χ1n) is 4.20. The highest BCUT2D eigenvalue weighted by molar-refractivity contribution is 9.10. The van der Waals surface area contributed by atoms with Gasteiger partial charge in [-0.05, 0) is 23.7 Å². The lowest BCUT2D eigenvalue weighted by atomic mass is 10.2. The molecule has 0 fully saturated rings. The van der Waals surface area contributed by atoms with Gasteiger partial charge in [0.15, 0.2) is 0 Å². The van der Waals surface area contributed by atoms with Gasteiger partial charge in [-0.15, -0.1) is 0 Å². The minimum Gasteiger partial charge on any atom is -0.379 e. The lowest BCUT2D eigenvalue weighted by Crippen LogP contribution is -1.80. The van der Waals surface area contributed by atoms with Gasteiger partial charge in [-0.25, -0.2) is 0 Å². The van der Waals surface area contributed by atoms with Gasteiger partial charge in [0, 0.05) is 23.2 Å². The lowest BCUT2D eigenvalue weighted by molar-refractivity contribution is 1.51. The summed E-state index contributed by atoms with van der Waals surface area (Å²) >= 11 is 4.88. The maximum atomic E-state index is 4.35. The number of anilines is 1. The van der Waals surface area contributed by atoms with E-state index in [0.717, 1.165) is 20.7 Å². The summed E-state index contributed by atoms with van der Waals surface area (Å²) in [5, 5.41) is 4.16. The van der Waals surface area contributed by atoms with Gasteiger partial charge in [-0.2, -0.15) is 4.37 Å². The third-order valence-corrected chi connectivity index (χ3v) is 3.23. The molecule has 0 radical (unpaired) electrons. The van der Waals surface area contributed by atoms with Crippen LogP contribution in [0, 0.1) is 0 Å². The van der Waals surface area contributed by atoms with Crippen LogP contribution in [-0.4, -0.2) is 11.4 Å². The summed E-state index contributed by atoms with van der Waals surface area (Å²) < 4.78 is 5.44. The van der Waals surface area contributed by atoms with Gasteiger partial charge < -0.3 is 5.32 Å². The number of hydrogen-bond acceptors (Lipinski definition) is 3. The van der Waals surface area contributed by atoms with Crippen LogP contribution in [0.1, 0.15) is 0 Å². The van der Waals surface area contributed by atoms with E-state index in [0.29, 0.717) is 0 Å². The second kappa shape index (κ2) is 4.11. The number of nitrogens with one attached hydrogen (secondary N) is 1. The van der Waals surface area contributed by atoms with E-state index >= 15 is 0 Å². The van der Waals surface area contributed by atoms with Crippen molar-refractivity contribution in [2.45, 2.75) is 0 Å². The molecule has 0 saturated carbocycles. The summed E-state index contributed by atoms with van der Waals surface area (Å²) in [6.07, 6.45) is 0. The Hall–Kier alpha value is -0.870. The second-order valence-electron chi connectivity index (χ2n) is 2.83. The standard InChI is InChI=1S/C10H9BrN2S/c1-12-10-6-9(13-14-10)7-2-4-8(11)5-3-7/h2-6,12H,1H3. The van der Waals surface area contributed by atoms with Crippen LogP contribution in [0.2, 0.25) is 0 Å². The van der Waals surface area contributed by atoms with Gasteiger partial charge >= 0.3 is 0 Å². The molecule has 1 aromatic heterocycles. The van der Waals surface area contributed by atoms with Crippen LogP contribution in [0.4, 0.5) is 5.00 Å². The molecule has 1 N–H and O–H groups in total. The van der Waals surface area contributed by atoms with Gasteiger partial charge in [0.05, 0.1) is 5.69 Å². The van der Waals surface area contributed by atoms with Gasteiger partial charge in [-0.1, -0.05) is 28.1 Å². The molecule has 1 aromatic carbocycles. The van der Waals surface area contributed by atoms with E-state index in [9.17, 15) is 0 Å². The second-order valence-corrected chi connectivity index (χ2v) is 4.55. The first-order valence-corrected chi connectivity index (χ1v) is 5.76. The third kappa shape index (κ3) is 1.96. The highest BCUT2D eigenvalue weighted by Crippen LogP contribution is 2.25. The van der Waals surface area contributed by atoms with Gasteiger partial charge in [-0.3, -0.25) is 0 Å². The van der Waals surface area contributed by atoms with Crippen molar-refractivity contribution in [3.63, 3.8) is 0 Å². The van der Waals surface area contributed by atoms with E-state index in [1.54, 1.807) is 0 Å². The highest BCUT2D eigenvalue weighted by Gasteiger charge is 2.02. The molecule has 0 bridgehead atoms. The first-order chi connectivity index (χ1) is 6.79. The Morgan fingerprint density at radius 1 is 1.29 bits per heavy atom.